The third kappa shape index (κ3) is 2.80. The van der Waals surface area contributed by atoms with E-state index in [-0.39, 0.29) is 24.7 Å². The van der Waals surface area contributed by atoms with Crippen molar-refractivity contribution in [1.82, 2.24) is 0 Å². The first-order valence-electron chi connectivity index (χ1n) is 8.71. The van der Waals surface area contributed by atoms with Crippen LogP contribution in [0.25, 0.3) is 0 Å². The SMILES string of the molecule is CCC12CC3(CC(=O)O)CC(CC(=O)O)(C1)CC(CC(=O)O)(C2)C3. The Morgan fingerprint density at radius 2 is 0.875 bits per heavy atom. The minimum Gasteiger partial charge on any atom is -0.481 e. The second kappa shape index (κ2) is 5.20. The molecule has 24 heavy (non-hydrogen) atoms. The first-order valence-corrected chi connectivity index (χ1v) is 8.71. The van der Waals surface area contributed by atoms with Crippen LogP contribution in [0.3, 0.4) is 0 Å². The van der Waals surface area contributed by atoms with Gasteiger partial charge in [-0.25, -0.2) is 0 Å². The van der Waals surface area contributed by atoms with Gasteiger partial charge in [0.1, 0.15) is 0 Å². The largest absolute Gasteiger partial charge is 0.481 e. The minimum atomic E-state index is -0.862. The van der Waals surface area contributed by atoms with E-state index in [1.165, 1.54) is 0 Å². The highest BCUT2D eigenvalue weighted by atomic mass is 16.4. The molecule has 3 N–H and O–H groups in total. The quantitative estimate of drug-likeness (QED) is 0.657. The normalized spacial score (nSPS) is 42.9. The molecule has 0 unspecified atom stereocenters. The van der Waals surface area contributed by atoms with Crippen molar-refractivity contribution in [2.75, 3.05) is 0 Å². The minimum absolute atomic E-state index is 0.0253. The first kappa shape index (κ1) is 17.2. The summed E-state index contributed by atoms with van der Waals surface area (Å²) in [6.45, 7) is 2.07. The molecule has 4 bridgehead atoms. The maximum atomic E-state index is 11.5. The van der Waals surface area contributed by atoms with Crippen LogP contribution in [0.2, 0.25) is 0 Å². The van der Waals surface area contributed by atoms with Crippen molar-refractivity contribution in [1.29, 1.82) is 0 Å². The molecule has 0 saturated heterocycles. The summed E-state index contributed by atoms with van der Waals surface area (Å²) < 4.78 is 0. The van der Waals surface area contributed by atoms with Crippen LogP contribution >= 0.6 is 0 Å². The van der Waals surface area contributed by atoms with Gasteiger partial charge in [0.2, 0.25) is 0 Å². The number of carboxylic acids is 3. The molecule has 0 amide bonds. The van der Waals surface area contributed by atoms with E-state index in [0.29, 0.717) is 19.3 Å². The summed E-state index contributed by atoms with van der Waals surface area (Å²) >= 11 is 0. The smallest absolute Gasteiger partial charge is 0.303 e. The van der Waals surface area contributed by atoms with Crippen LogP contribution in [-0.4, -0.2) is 33.2 Å². The Morgan fingerprint density at radius 1 is 0.625 bits per heavy atom. The van der Waals surface area contributed by atoms with Gasteiger partial charge in [-0.3, -0.25) is 14.4 Å². The highest BCUT2D eigenvalue weighted by Crippen LogP contribution is 2.76. The molecule has 4 saturated carbocycles. The van der Waals surface area contributed by atoms with Gasteiger partial charge in [-0.2, -0.15) is 0 Å². The molecule has 0 heterocycles. The fraction of sp³-hybridized carbons (Fsp3) is 0.833. The second-order valence-corrected chi connectivity index (χ2v) is 9.13. The molecule has 0 spiro atoms. The van der Waals surface area contributed by atoms with Crippen molar-refractivity contribution < 1.29 is 29.7 Å². The predicted molar refractivity (Wildman–Crippen MR) is 84.5 cm³/mol. The highest BCUT2D eigenvalue weighted by Gasteiger charge is 2.68. The zero-order chi connectivity index (χ0) is 17.8. The van der Waals surface area contributed by atoms with Crippen LogP contribution in [0.5, 0.6) is 0 Å². The van der Waals surface area contributed by atoms with Crippen LogP contribution in [-0.2, 0) is 14.4 Å². The van der Waals surface area contributed by atoms with E-state index >= 15 is 0 Å². The molecule has 6 nitrogen and oxygen atoms in total. The standard InChI is InChI=1S/C18H26O6/c1-2-15-6-16(3-12(19)20)9-17(7-15,4-13(21)22)11-18(8-15,10-16)5-14(23)24/h2-11H2,1H3,(H,19,20)(H,21,22)(H,23,24). The zero-order valence-corrected chi connectivity index (χ0v) is 14.1. The lowest BCUT2D eigenvalue weighted by atomic mass is 9.33. The predicted octanol–water partition coefficient (Wildman–Crippen LogP) is 3.15. The van der Waals surface area contributed by atoms with Crippen LogP contribution in [0.15, 0.2) is 0 Å². The summed E-state index contributed by atoms with van der Waals surface area (Å²) in [5, 5.41) is 28.3. The molecule has 6 heteroatoms. The van der Waals surface area contributed by atoms with Crippen LogP contribution in [0.1, 0.15) is 71.1 Å². The average Bonchev–Trinajstić information content (AvgIpc) is 2.31. The molecule has 0 aromatic heterocycles. The van der Waals surface area contributed by atoms with Gasteiger partial charge >= 0.3 is 17.9 Å². The molecule has 0 atom stereocenters. The Balaban J connectivity index is 2.07. The van der Waals surface area contributed by atoms with E-state index in [9.17, 15) is 29.7 Å². The summed E-state index contributed by atoms with van der Waals surface area (Å²) in [5.74, 6) is -2.59. The fourth-order valence-corrected chi connectivity index (χ4v) is 7.42. The lowest BCUT2D eigenvalue weighted by Gasteiger charge is -2.70. The molecule has 4 rings (SSSR count). The van der Waals surface area contributed by atoms with Crippen LogP contribution in [0, 0.1) is 21.7 Å². The molecule has 0 aromatic rings. The van der Waals surface area contributed by atoms with E-state index in [2.05, 4.69) is 6.92 Å². The van der Waals surface area contributed by atoms with Gasteiger partial charge in [0.05, 0.1) is 19.3 Å². The van der Waals surface area contributed by atoms with E-state index < -0.39 is 34.2 Å². The Bertz CT molecular complexity index is 507. The Kier molecular flexibility index (Phi) is 3.74. The maximum Gasteiger partial charge on any atom is 0.303 e. The molecule has 134 valence electrons. The molecule has 0 aromatic carbocycles. The summed E-state index contributed by atoms with van der Waals surface area (Å²) in [7, 11) is 0. The van der Waals surface area contributed by atoms with Gasteiger partial charge in [0.25, 0.3) is 0 Å². The molecule has 0 radical (unpaired) electrons. The summed E-state index contributed by atoms with van der Waals surface area (Å²) in [6.07, 6.45) is 5.16. The van der Waals surface area contributed by atoms with E-state index in [1.54, 1.807) is 0 Å². The average molecular weight is 338 g/mol. The molecule has 0 aliphatic heterocycles. The highest BCUT2D eigenvalue weighted by molar-refractivity contribution is 5.70. The second-order valence-electron chi connectivity index (χ2n) is 9.13. The van der Waals surface area contributed by atoms with Gasteiger partial charge in [-0.15, -0.1) is 0 Å². The molecular weight excluding hydrogens is 312 g/mol. The van der Waals surface area contributed by atoms with Gasteiger partial charge in [0, 0.05) is 0 Å². The van der Waals surface area contributed by atoms with Crippen molar-refractivity contribution in [2.45, 2.75) is 71.1 Å². The third-order valence-electron chi connectivity index (χ3n) is 6.83. The van der Waals surface area contributed by atoms with Crippen molar-refractivity contribution >= 4 is 17.9 Å². The Morgan fingerprint density at radius 3 is 1.08 bits per heavy atom. The van der Waals surface area contributed by atoms with Crippen molar-refractivity contribution in [3.63, 3.8) is 0 Å². The molecule has 4 aliphatic rings. The lowest BCUT2D eigenvalue weighted by molar-refractivity contribution is -0.215. The van der Waals surface area contributed by atoms with E-state index in [1.807, 2.05) is 0 Å². The van der Waals surface area contributed by atoms with Crippen molar-refractivity contribution in [3.8, 4) is 0 Å². The fourth-order valence-electron chi connectivity index (χ4n) is 7.42. The maximum absolute atomic E-state index is 11.5. The first-order chi connectivity index (χ1) is 11.1. The lowest BCUT2D eigenvalue weighted by Crippen LogP contribution is -2.62. The third-order valence-corrected chi connectivity index (χ3v) is 6.83. The van der Waals surface area contributed by atoms with Crippen LogP contribution in [0.4, 0.5) is 0 Å². The number of hydrogen-bond acceptors (Lipinski definition) is 3. The zero-order valence-electron chi connectivity index (χ0n) is 14.1. The number of rotatable bonds is 7. The topological polar surface area (TPSA) is 112 Å². The van der Waals surface area contributed by atoms with Gasteiger partial charge < -0.3 is 15.3 Å². The van der Waals surface area contributed by atoms with Crippen molar-refractivity contribution in [3.05, 3.63) is 0 Å². The van der Waals surface area contributed by atoms with Crippen LogP contribution < -0.4 is 0 Å². The van der Waals surface area contributed by atoms with E-state index in [4.69, 9.17) is 0 Å². The number of hydrogen-bond donors (Lipinski definition) is 3. The molecule has 4 aliphatic carbocycles. The Hall–Kier alpha value is -1.59. The van der Waals surface area contributed by atoms with E-state index in [0.717, 1.165) is 25.7 Å². The van der Waals surface area contributed by atoms with Gasteiger partial charge in [0.15, 0.2) is 0 Å². The summed E-state index contributed by atoms with van der Waals surface area (Å²) in [6, 6.07) is 0. The summed E-state index contributed by atoms with van der Waals surface area (Å²) in [4.78, 5) is 34.5. The number of carboxylic acid groups (broad SMARTS) is 3. The van der Waals surface area contributed by atoms with Gasteiger partial charge in [-0.05, 0) is 60.2 Å². The molecular formula is C18H26O6. The molecule has 4 fully saturated rings. The Labute approximate surface area is 141 Å². The number of carbonyl (C=O) groups is 3. The summed E-state index contributed by atoms with van der Waals surface area (Å²) in [5.41, 5.74) is -1.43. The monoisotopic (exact) mass is 338 g/mol. The number of aliphatic carboxylic acids is 3. The van der Waals surface area contributed by atoms with Gasteiger partial charge in [-0.1, -0.05) is 13.3 Å². The van der Waals surface area contributed by atoms with Crippen molar-refractivity contribution in [2.24, 2.45) is 21.7 Å².